The minimum Gasteiger partial charge on any atom is -0.348 e. The summed E-state index contributed by atoms with van der Waals surface area (Å²) in [6.45, 7) is 2.22. The fourth-order valence-corrected chi connectivity index (χ4v) is 3.40. The molecule has 4 rings (SSSR count). The third-order valence-corrected chi connectivity index (χ3v) is 5.07. The van der Waals surface area contributed by atoms with E-state index in [-0.39, 0.29) is 5.91 Å². The van der Waals surface area contributed by atoms with Crippen molar-refractivity contribution < 1.29 is 4.79 Å². The molecule has 154 valence electrons. The minimum atomic E-state index is -0.174. The number of nitrogens with zero attached hydrogens (tertiary/aromatic N) is 2. The summed E-state index contributed by atoms with van der Waals surface area (Å²) in [6.07, 6.45) is 0. The van der Waals surface area contributed by atoms with Crippen molar-refractivity contribution in [3.05, 3.63) is 107 Å². The molecular formula is C25H21ClN4O. The Morgan fingerprint density at radius 2 is 1.68 bits per heavy atom. The van der Waals surface area contributed by atoms with Gasteiger partial charge in [0.15, 0.2) is 0 Å². The average Bonchev–Trinajstić information content (AvgIpc) is 2.79. The second-order valence-corrected chi connectivity index (χ2v) is 7.44. The summed E-state index contributed by atoms with van der Waals surface area (Å²) in [4.78, 5) is 21.6. The van der Waals surface area contributed by atoms with Crippen molar-refractivity contribution in [1.82, 2.24) is 15.3 Å². The summed E-state index contributed by atoms with van der Waals surface area (Å²) in [6, 6.07) is 26.6. The van der Waals surface area contributed by atoms with E-state index in [1.54, 1.807) is 18.2 Å². The molecule has 0 spiro atoms. The zero-order valence-corrected chi connectivity index (χ0v) is 17.7. The SMILES string of the molecule is Cc1nc(Nc2cccc(C(=O)NCc3ccccc3Cl)c2)cc(-c2ccccc2)n1. The van der Waals surface area contributed by atoms with Crippen LogP contribution in [0.3, 0.4) is 0 Å². The van der Waals surface area contributed by atoms with Crippen LogP contribution in [0.15, 0.2) is 84.9 Å². The number of nitrogens with one attached hydrogen (secondary N) is 2. The highest BCUT2D eigenvalue weighted by Crippen LogP contribution is 2.22. The lowest BCUT2D eigenvalue weighted by Gasteiger charge is -2.11. The van der Waals surface area contributed by atoms with E-state index in [4.69, 9.17) is 11.6 Å². The molecule has 1 aromatic heterocycles. The van der Waals surface area contributed by atoms with Gasteiger partial charge in [0.25, 0.3) is 5.91 Å². The first-order valence-corrected chi connectivity index (χ1v) is 10.3. The molecule has 0 fully saturated rings. The van der Waals surface area contributed by atoms with Crippen LogP contribution in [0.2, 0.25) is 5.02 Å². The number of aromatic nitrogens is 2. The van der Waals surface area contributed by atoms with E-state index in [1.165, 1.54) is 0 Å². The normalized spacial score (nSPS) is 10.5. The Labute approximate surface area is 186 Å². The summed E-state index contributed by atoms with van der Waals surface area (Å²) in [5.74, 6) is 1.16. The van der Waals surface area contributed by atoms with Gasteiger partial charge >= 0.3 is 0 Å². The zero-order chi connectivity index (χ0) is 21.6. The van der Waals surface area contributed by atoms with Crippen LogP contribution in [0.5, 0.6) is 0 Å². The number of carbonyl (C=O) groups excluding carboxylic acids is 1. The van der Waals surface area contributed by atoms with E-state index in [0.717, 1.165) is 22.5 Å². The molecule has 0 aliphatic heterocycles. The van der Waals surface area contributed by atoms with Crippen LogP contribution in [0.25, 0.3) is 11.3 Å². The van der Waals surface area contributed by atoms with E-state index in [0.29, 0.717) is 28.8 Å². The minimum absolute atomic E-state index is 0.174. The number of anilines is 2. The van der Waals surface area contributed by atoms with Crippen LogP contribution in [0.4, 0.5) is 11.5 Å². The molecule has 4 aromatic rings. The number of hydrogen-bond donors (Lipinski definition) is 2. The predicted octanol–water partition coefficient (Wildman–Crippen LogP) is 5.78. The van der Waals surface area contributed by atoms with Crippen LogP contribution >= 0.6 is 11.6 Å². The Morgan fingerprint density at radius 3 is 2.48 bits per heavy atom. The van der Waals surface area contributed by atoms with Gasteiger partial charge in [0.1, 0.15) is 11.6 Å². The van der Waals surface area contributed by atoms with Gasteiger partial charge in [0, 0.05) is 34.4 Å². The fraction of sp³-hybridized carbons (Fsp3) is 0.0800. The van der Waals surface area contributed by atoms with Gasteiger partial charge in [-0.25, -0.2) is 9.97 Å². The molecule has 0 aliphatic carbocycles. The fourth-order valence-electron chi connectivity index (χ4n) is 3.19. The Balaban J connectivity index is 1.49. The van der Waals surface area contributed by atoms with Gasteiger partial charge in [-0.1, -0.05) is 66.2 Å². The van der Waals surface area contributed by atoms with Crippen molar-refractivity contribution in [1.29, 1.82) is 0 Å². The maximum Gasteiger partial charge on any atom is 0.251 e. The lowest BCUT2D eigenvalue weighted by atomic mass is 10.1. The first-order valence-electron chi connectivity index (χ1n) is 9.88. The Kier molecular flexibility index (Phi) is 6.24. The van der Waals surface area contributed by atoms with E-state index < -0.39 is 0 Å². The van der Waals surface area contributed by atoms with Gasteiger partial charge in [-0.2, -0.15) is 0 Å². The van der Waals surface area contributed by atoms with E-state index in [2.05, 4.69) is 20.6 Å². The molecule has 3 aromatic carbocycles. The molecule has 2 N–H and O–H groups in total. The molecule has 5 nitrogen and oxygen atoms in total. The largest absolute Gasteiger partial charge is 0.348 e. The predicted molar refractivity (Wildman–Crippen MR) is 125 cm³/mol. The third-order valence-electron chi connectivity index (χ3n) is 4.70. The highest BCUT2D eigenvalue weighted by atomic mass is 35.5. The number of benzene rings is 3. The number of hydrogen-bond acceptors (Lipinski definition) is 4. The topological polar surface area (TPSA) is 66.9 Å². The van der Waals surface area contributed by atoms with Crippen molar-refractivity contribution in [2.24, 2.45) is 0 Å². The van der Waals surface area contributed by atoms with Gasteiger partial charge in [-0.3, -0.25) is 4.79 Å². The van der Waals surface area contributed by atoms with Crippen LogP contribution in [-0.2, 0) is 6.54 Å². The first kappa shape index (κ1) is 20.6. The van der Waals surface area contributed by atoms with Gasteiger partial charge in [0.2, 0.25) is 0 Å². The van der Waals surface area contributed by atoms with Crippen LogP contribution in [0, 0.1) is 6.92 Å². The molecule has 0 unspecified atom stereocenters. The van der Waals surface area contributed by atoms with Crippen molar-refractivity contribution in [2.75, 3.05) is 5.32 Å². The molecule has 0 atom stereocenters. The second-order valence-electron chi connectivity index (χ2n) is 7.03. The first-order chi connectivity index (χ1) is 15.1. The summed E-state index contributed by atoms with van der Waals surface area (Å²) in [5.41, 5.74) is 4.04. The number of amides is 1. The second kappa shape index (κ2) is 9.41. The lowest BCUT2D eigenvalue weighted by molar-refractivity contribution is 0.0951. The third kappa shape index (κ3) is 5.27. The number of rotatable bonds is 6. The van der Waals surface area contributed by atoms with Gasteiger partial charge in [0.05, 0.1) is 5.69 Å². The van der Waals surface area contributed by atoms with Crippen LogP contribution in [-0.4, -0.2) is 15.9 Å². The van der Waals surface area contributed by atoms with Crippen LogP contribution < -0.4 is 10.6 Å². The van der Waals surface area contributed by atoms with E-state index in [9.17, 15) is 4.79 Å². The van der Waals surface area contributed by atoms with Crippen molar-refractivity contribution in [2.45, 2.75) is 13.5 Å². The standard InChI is InChI=1S/C25H21ClN4O/c1-17-28-23(18-8-3-2-4-9-18)15-24(29-17)30-21-12-7-11-19(14-21)25(31)27-16-20-10-5-6-13-22(20)26/h2-15H,16H2,1H3,(H,27,31)(H,28,29,30). The van der Waals surface area contributed by atoms with Crippen LogP contribution in [0.1, 0.15) is 21.7 Å². The molecule has 1 heterocycles. The Morgan fingerprint density at radius 1 is 0.903 bits per heavy atom. The smallest absolute Gasteiger partial charge is 0.251 e. The monoisotopic (exact) mass is 428 g/mol. The van der Waals surface area contributed by atoms with Gasteiger partial charge in [-0.05, 0) is 36.8 Å². The van der Waals surface area contributed by atoms with E-state index in [1.807, 2.05) is 73.7 Å². The number of carbonyl (C=O) groups is 1. The van der Waals surface area contributed by atoms with Gasteiger partial charge in [-0.15, -0.1) is 0 Å². The summed E-state index contributed by atoms with van der Waals surface area (Å²) >= 11 is 6.17. The Bertz CT molecular complexity index is 1210. The molecule has 6 heteroatoms. The summed E-state index contributed by atoms with van der Waals surface area (Å²) in [7, 11) is 0. The van der Waals surface area contributed by atoms with Crippen molar-refractivity contribution >= 4 is 29.0 Å². The Hall–Kier alpha value is -3.70. The molecule has 0 saturated carbocycles. The maximum atomic E-state index is 12.6. The lowest BCUT2D eigenvalue weighted by Crippen LogP contribution is -2.23. The quantitative estimate of drug-likeness (QED) is 0.408. The molecule has 0 aliphatic rings. The highest BCUT2D eigenvalue weighted by Gasteiger charge is 2.09. The molecule has 0 saturated heterocycles. The molecule has 0 radical (unpaired) electrons. The summed E-state index contributed by atoms with van der Waals surface area (Å²) in [5, 5.41) is 6.82. The summed E-state index contributed by atoms with van der Waals surface area (Å²) < 4.78 is 0. The van der Waals surface area contributed by atoms with Crippen molar-refractivity contribution in [3.63, 3.8) is 0 Å². The number of aryl methyl sites for hydroxylation is 1. The molecule has 1 amide bonds. The van der Waals surface area contributed by atoms with Crippen molar-refractivity contribution in [3.8, 4) is 11.3 Å². The maximum absolute atomic E-state index is 12.6. The number of halogens is 1. The zero-order valence-electron chi connectivity index (χ0n) is 17.0. The molecular weight excluding hydrogens is 408 g/mol. The van der Waals surface area contributed by atoms with E-state index >= 15 is 0 Å². The average molecular weight is 429 g/mol. The molecule has 0 bridgehead atoms. The van der Waals surface area contributed by atoms with Gasteiger partial charge < -0.3 is 10.6 Å². The molecule has 31 heavy (non-hydrogen) atoms. The highest BCUT2D eigenvalue weighted by molar-refractivity contribution is 6.31.